The molecule has 1 aliphatic rings. The molecule has 5 heteroatoms. The summed E-state index contributed by atoms with van der Waals surface area (Å²) in [5.74, 6) is 0.903. The van der Waals surface area contributed by atoms with Crippen LogP contribution in [0.25, 0.3) is 10.9 Å². The van der Waals surface area contributed by atoms with E-state index in [0.717, 1.165) is 41.9 Å². The number of hydrogen-bond donors (Lipinski definition) is 2. The molecule has 2 heterocycles. The first kappa shape index (κ1) is 11.2. The highest BCUT2D eigenvalue weighted by Gasteiger charge is 2.20. The van der Waals surface area contributed by atoms with E-state index in [1.54, 1.807) is 6.33 Å². The summed E-state index contributed by atoms with van der Waals surface area (Å²) in [5.41, 5.74) is 7.39. The largest absolute Gasteiger partial charge is 0.399 e. The number of likely N-dealkylation sites (tertiary alicyclic amines) is 1. The Morgan fingerprint density at radius 3 is 3.06 bits per heavy atom. The number of nitrogens with zero attached hydrogens (tertiary/aromatic N) is 3. The lowest BCUT2D eigenvalue weighted by Gasteiger charge is -2.14. The van der Waals surface area contributed by atoms with Crippen molar-refractivity contribution in [3.8, 4) is 0 Å². The highest BCUT2D eigenvalue weighted by atomic mass is 15.2. The van der Waals surface area contributed by atoms with Crippen molar-refractivity contribution in [1.29, 1.82) is 0 Å². The van der Waals surface area contributed by atoms with Crippen LogP contribution in [-0.2, 0) is 0 Å². The van der Waals surface area contributed by atoms with Crippen LogP contribution in [0.5, 0.6) is 0 Å². The van der Waals surface area contributed by atoms with E-state index in [0.29, 0.717) is 6.04 Å². The van der Waals surface area contributed by atoms with E-state index in [1.165, 1.54) is 0 Å². The maximum absolute atomic E-state index is 5.77. The van der Waals surface area contributed by atoms with Gasteiger partial charge in [0.2, 0.25) is 0 Å². The summed E-state index contributed by atoms with van der Waals surface area (Å²) in [6, 6.07) is 6.21. The van der Waals surface area contributed by atoms with Crippen LogP contribution in [0.15, 0.2) is 24.5 Å². The van der Waals surface area contributed by atoms with Crippen LogP contribution in [0.4, 0.5) is 11.5 Å². The van der Waals surface area contributed by atoms with Gasteiger partial charge >= 0.3 is 0 Å². The van der Waals surface area contributed by atoms with Gasteiger partial charge in [-0.15, -0.1) is 0 Å². The average molecular weight is 243 g/mol. The van der Waals surface area contributed by atoms with Crippen molar-refractivity contribution >= 4 is 22.4 Å². The summed E-state index contributed by atoms with van der Waals surface area (Å²) in [7, 11) is 2.14. The van der Waals surface area contributed by atoms with Crippen LogP contribution >= 0.6 is 0 Å². The maximum atomic E-state index is 5.77. The molecule has 3 N–H and O–H groups in total. The third kappa shape index (κ3) is 2.09. The number of anilines is 2. The molecule has 1 fully saturated rings. The van der Waals surface area contributed by atoms with E-state index in [9.17, 15) is 0 Å². The van der Waals surface area contributed by atoms with Crippen LogP contribution in [0, 0.1) is 0 Å². The molecule has 0 aliphatic carbocycles. The van der Waals surface area contributed by atoms with Crippen LogP contribution in [0.2, 0.25) is 0 Å². The summed E-state index contributed by atoms with van der Waals surface area (Å²) in [5, 5.41) is 4.53. The second kappa shape index (κ2) is 4.42. The Morgan fingerprint density at radius 1 is 1.39 bits per heavy atom. The topological polar surface area (TPSA) is 67.1 Å². The highest BCUT2D eigenvalue weighted by Crippen LogP contribution is 2.23. The van der Waals surface area contributed by atoms with Crippen molar-refractivity contribution in [3.05, 3.63) is 24.5 Å². The van der Waals surface area contributed by atoms with Crippen molar-refractivity contribution in [3.63, 3.8) is 0 Å². The molecule has 0 amide bonds. The fourth-order valence-electron chi connectivity index (χ4n) is 2.44. The summed E-state index contributed by atoms with van der Waals surface area (Å²) < 4.78 is 0. The fourth-order valence-corrected chi connectivity index (χ4v) is 2.44. The number of nitrogen functional groups attached to an aromatic ring is 1. The van der Waals surface area contributed by atoms with Gasteiger partial charge in [-0.1, -0.05) is 0 Å². The van der Waals surface area contributed by atoms with Crippen molar-refractivity contribution in [2.24, 2.45) is 0 Å². The van der Waals surface area contributed by atoms with Gasteiger partial charge in [-0.2, -0.15) is 0 Å². The molecular weight excluding hydrogens is 226 g/mol. The van der Waals surface area contributed by atoms with Gasteiger partial charge in [0, 0.05) is 23.7 Å². The van der Waals surface area contributed by atoms with Gasteiger partial charge in [-0.05, 0) is 38.2 Å². The van der Waals surface area contributed by atoms with Gasteiger partial charge in [0.1, 0.15) is 12.1 Å². The van der Waals surface area contributed by atoms with Crippen molar-refractivity contribution in [2.45, 2.75) is 12.5 Å². The maximum Gasteiger partial charge on any atom is 0.137 e. The van der Waals surface area contributed by atoms with Crippen molar-refractivity contribution < 1.29 is 0 Å². The molecule has 1 aliphatic heterocycles. The number of nitrogens with one attached hydrogen (secondary N) is 1. The van der Waals surface area contributed by atoms with E-state index in [2.05, 4.69) is 27.2 Å². The van der Waals surface area contributed by atoms with E-state index in [-0.39, 0.29) is 0 Å². The molecule has 1 unspecified atom stereocenters. The molecule has 0 saturated carbocycles. The number of aromatic nitrogens is 2. The van der Waals surface area contributed by atoms with Gasteiger partial charge < -0.3 is 16.0 Å². The summed E-state index contributed by atoms with van der Waals surface area (Å²) in [4.78, 5) is 10.9. The third-order valence-corrected chi connectivity index (χ3v) is 3.39. The summed E-state index contributed by atoms with van der Waals surface area (Å²) in [6.07, 6.45) is 2.74. The lowest BCUT2D eigenvalue weighted by Crippen LogP contribution is -2.24. The Morgan fingerprint density at radius 2 is 2.28 bits per heavy atom. The van der Waals surface area contributed by atoms with Gasteiger partial charge in [0.15, 0.2) is 0 Å². The zero-order valence-electron chi connectivity index (χ0n) is 10.4. The molecule has 5 nitrogen and oxygen atoms in total. The molecule has 1 atom stereocenters. The number of nitrogens with two attached hydrogens (primary N) is 1. The Bertz CT molecular complexity index is 568. The predicted molar refractivity (Wildman–Crippen MR) is 73.5 cm³/mol. The number of hydrogen-bond acceptors (Lipinski definition) is 5. The minimum atomic E-state index is 0.464. The minimum absolute atomic E-state index is 0.464. The molecule has 0 radical (unpaired) electrons. The number of rotatable bonds is 2. The van der Waals surface area contributed by atoms with E-state index < -0.39 is 0 Å². The molecule has 0 bridgehead atoms. The first-order valence-electron chi connectivity index (χ1n) is 6.18. The average Bonchev–Trinajstić information content (AvgIpc) is 2.75. The van der Waals surface area contributed by atoms with Gasteiger partial charge in [0.05, 0.1) is 5.52 Å². The van der Waals surface area contributed by atoms with E-state index in [1.807, 2.05) is 18.2 Å². The molecule has 1 saturated heterocycles. The van der Waals surface area contributed by atoms with Crippen molar-refractivity contribution in [1.82, 2.24) is 14.9 Å². The van der Waals surface area contributed by atoms with Crippen LogP contribution < -0.4 is 11.1 Å². The first-order chi connectivity index (χ1) is 8.72. The normalized spacial score (nSPS) is 20.4. The number of likely N-dealkylation sites (N-methyl/N-ethyl adjacent to an activating group) is 1. The molecular formula is C13H17N5. The minimum Gasteiger partial charge on any atom is -0.399 e. The quantitative estimate of drug-likeness (QED) is 0.779. The third-order valence-electron chi connectivity index (χ3n) is 3.39. The molecule has 2 aromatic rings. The molecule has 18 heavy (non-hydrogen) atoms. The summed E-state index contributed by atoms with van der Waals surface area (Å²) >= 11 is 0. The zero-order valence-corrected chi connectivity index (χ0v) is 10.4. The Kier molecular flexibility index (Phi) is 2.76. The second-order valence-corrected chi connectivity index (χ2v) is 4.89. The molecule has 1 aromatic carbocycles. The van der Waals surface area contributed by atoms with Crippen LogP contribution in [0.1, 0.15) is 6.42 Å². The van der Waals surface area contributed by atoms with Gasteiger partial charge in [-0.25, -0.2) is 9.97 Å². The van der Waals surface area contributed by atoms with E-state index >= 15 is 0 Å². The SMILES string of the molecule is CN1CCC(Nc2ncnc3cc(N)ccc23)C1. The van der Waals surface area contributed by atoms with E-state index in [4.69, 9.17) is 5.73 Å². The van der Waals surface area contributed by atoms with Gasteiger partial charge in [0.25, 0.3) is 0 Å². The second-order valence-electron chi connectivity index (χ2n) is 4.89. The van der Waals surface area contributed by atoms with Crippen LogP contribution in [0.3, 0.4) is 0 Å². The Balaban J connectivity index is 1.92. The molecule has 3 rings (SSSR count). The Hall–Kier alpha value is -1.88. The van der Waals surface area contributed by atoms with Crippen LogP contribution in [-0.4, -0.2) is 41.0 Å². The predicted octanol–water partition coefficient (Wildman–Crippen LogP) is 1.33. The smallest absolute Gasteiger partial charge is 0.137 e. The molecule has 1 aromatic heterocycles. The lowest BCUT2D eigenvalue weighted by molar-refractivity contribution is 0.414. The van der Waals surface area contributed by atoms with Gasteiger partial charge in [-0.3, -0.25) is 0 Å². The lowest BCUT2D eigenvalue weighted by atomic mass is 10.2. The zero-order chi connectivity index (χ0) is 12.5. The number of fused-ring (bicyclic) bond motifs is 1. The Labute approximate surface area is 106 Å². The summed E-state index contributed by atoms with van der Waals surface area (Å²) in [6.45, 7) is 2.19. The molecule has 94 valence electrons. The first-order valence-corrected chi connectivity index (χ1v) is 6.18. The van der Waals surface area contributed by atoms with Crippen molar-refractivity contribution in [2.75, 3.05) is 31.2 Å². The standard InChI is InChI=1S/C13H17N5/c1-18-5-4-10(7-18)17-13-11-3-2-9(14)6-12(11)15-8-16-13/h2-3,6,8,10H,4-5,7,14H2,1H3,(H,15,16,17). The fraction of sp³-hybridized carbons (Fsp3) is 0.385. The monoisotopic (exact) mass is 243 g/mol. The highest BCUT2D eigenvalue weighted by molar-refractivity contribution is 5.90. The molecule has 0 spiro atoms. The number of benzene rings is 1.